The number of halogens is 1. The van der Waals surface area contributed by atoms with Gasteiger partial charge in [0.15, 0.2) is 5.96 Å². The highest BCUT2D eigenvalue weighted by Gasteiger charge is 2.19. The molecule has 2 N–H and O–H groups in total. The number of nitrogens with one attached hydrogen (secondary N) is 2. The second-order valence-corrected chi connectivity index (χ2v) is 8.81. The highest BCUT2D eigenvalue weighted by Crippen LogP contribution is 2.22. The average molecular weight is 539 g/mol. The molecule has 8 heteroatoms. The number of rotatable bonds is 7. The lowest BCUT2D eigenvalue weighted by molar-refractivity contribution is 0.379. The van der Waals surface area contributed by atoms with Gasteiger partial charge in [0.05, 0.1) is 30.0 Å². The smallest absolute Gasteiger partial charge is 0.213 e. The van der Waals surface area contributed by atoms with E-state index in [1.54, 1.807) is 24.6 Å². The molecule has 0 unspecified atom stereocenters. The summed E-state index contributed by atoms with van der Waals surface area (Å²) in [6, 6.07) is 10.5. The zero-order valence-electron chi connectivity index (χ0n) is 17.9. The van der Waals surface area contributed by atoms with Crippen molar-refractivity contribution in [2.75, 3.05) is 7.05 Å². The number of nitrogens with zero attached hydrogens (tertiary/aromatic N) is 3. The Kier molecular flexibility index (Phi) is 9.29. The number of aryl methyl sites for hydroxylation is 2. The van der Waals surface area contributed by atoms with Crippen molar-refractivity contribution in [3.63, 3.8) is 0 Å². The minimum absolute atomic E-state index is 0. The highest BCUT2D eigenvalue weighted by atomic mass is 127. The van der Waals surface area contributed by atoms with E-state index in [0.29, 0.717) is 24.9 Å². The van der Waals surface area contributed by atoms with Crippen molar-refractivity contribution in [2.24, 2.45) is 4.99 Å². The third-order valence-electron chi connectivity index (χ3n) is 4.43. The Hall–Kier alpha value is -1.94. The molecule has 2 heterocycles. The molecule has 3 rings (SSSR count). The van der Waals surface area contributed by atoms with Crippen LogP contribution < -0.4 is 10.6 Å². The average Bonchev–Trinajstić information content (AvgIpc) is 3.37. The Morgan fingerprint density at radius 2 is 1.83 bits per heavy atom. The molecule has 0 aliphatic carbocycles. The van der Waals surface area contributed by atoms with Crippen LogP contribution in [0.25, 0.3) is 0 Å². The SMILES string of the molecule is CN=C(NCc1csc(CCc2ccccc2)n1)NCc1ncc(C(C)(C)C)o1.I. The number of thiazole rings is 1. The molecule has 2 aromatic heterocycles. The van der Waals surface area contributed by atoms with E-state index < -0.39 is 0 Å². The van der Waals surface area contributed by atoms with Gasteiger partial charge in [0.2, 0.25) is 5.89 Å². The number of hydrogen-bond acceptors (Lipinski definition) is 5. The van der Waals surface area contributed by atoms with Crippen LogP contribution >= 0.6 is 35.3 Å². The molecule has 0 bridgehead atoms. The van der Waals surface area contributed by atoms with Crippen molar-refractivity contribution < 1.29 is 4.42 Å². The lowest BCUT2D eigenvalue weighted by Gasteiger charge is -2.13. The standard InChI is InChI=1S/C22H29N5OS.HI/c1-22(2,3)18-13-24-19(28-18)14-26-21(23-4)25-12-17-15-29-20(27-17)11-10-16-8-6-5-7-9-16;/h5-9,13,15H,10-12,14H2,1-4H3,(H2,23,25,26);1H. The zero-order valence-corrected chi connectivity index (χ0v) is 21.1. The fourth-order valence-electron chi connectivity index (χ4n) is 2.73. The highest BCUT2D eigenvalue weighted by molar-refractivity contribution is 14.0. The first-order valence-electron chi connectivity index (χ1n) is 9.81. The zero-order chi connectivity index (χ0) is 20.7. The lowest BCUT2D eigenvalue weighted by atomic mass is 9.94. The van der Waals surface area contributed by atoms with E-state index in [-0.39, 0.29) is 29.4 Å². The maximum Gasteiger partial charge on any atom is 0.213 e. The van der Waals surface area contributed by atoms with Crippen molar-refractivity contribution >= 4 is 41.3 Å². The number of aromatic nitrogens is 2. The Balaban J connectivity index is 0.00000320. The summed E-state index contributed by atoms with van der Waals surface area (Å²) in [7, 11) is 1.75. The maximum atomic E-state index is 5.81. The maximum absolute atomic E-state index is 5.81. The lowest BCUT2D eigenvalue weighted by Crippen LogP contribution is -2.36. The van der Waals surface area contributed by atoms with Gasteiger partial charge in [-0.2, -0.15) is 0 Å². The van der Waals surface area contributed by atoms with E-state index in [0.717, 1.165) is 29.3 Å². The van der Waals surface area contributed by atoms with Gasteiger partial charge in [-0.05, 0) is 12.0 Å². The molecular weight excluding hydrogens is 509 g/mol. The molecule has 162 valence electrons. The number of benzene rings is 1. The Morgan fingerprint density at radius 1 is 1.10 bits per heavy atom. The van der Waals surface area contributed by atoms with Gasteiger partial charge in [0.1, 0.15) is 5.76 Å². The number of hydrogen-bond donors (Lipinski definition) is 2. The normalized spacial score (nSPS) is 11.8. The molecule has 0 atom stereocenters. The third kappa shape index (κ3) is 7.39. The van der Waals surface area contributed by atoms with Crippen LogP contribution in [-0.2, 0) is 31.3 Å². The van der Waals surface area contributed by atoms with Crippen molar-refractivity contribution in [3.8, 4) is 0 Å². The summed E-state index contributed by atoms with van der Waals surface area (Å²) in [5, 5.41) is 9.78. The summed E-state index contributed by atoms with van der Waals surface area (Å²) in [6.45, 7) is 7.42. The molecule has 0 amide bonds. The van der Waals surface area contributed by atoms with Crippen LogP contribution in [0.3, 0.4) is 0 Å². The second-order valence-electron chi connectivity index (χ2n) is 7.87. The van der Waals surface area contributed by atoms with Crippen LogP contribution in [0, 0.1) is 0 Å². The van der Waals surface area contributed by atoms with E-state index in [4.69, 9.17) is 9.40 Å². The minimum Gasteiger partial charge on any atom is -0.443 e. The monoisotopic (exact) mass is 539 g/mol. The molecular formula is C22H30IN5OS. The van der Waals surface area contributed by atoms with Crippen LogP contribution in [0.4, 0.5) is 0 Å². The molecule has 6 nitrogen and oxygen atoms in total. The van der Waals surface area contributed by atoms with Gasteiger partial charge in [-0.1, -0.05) is 51.1 Å². The van der Waals surface area contributed by atoms with Crippen LogP contribution in [0.5, 0.6) is 0 Å². The molecule has 0 radical (unpaired) electrons. The van der Waals surface area contributed by atoms with Crippen molar-refractivity contribution in [2.45, 2.75) is 52.1 Å². The van der Waals surface area contributed by atoms with Crippen LogP contribution in [0.1, 0.15) is 48.7 Å². The van der Waals surface area contributed by atoms with E-state index in [1.165, 1.54) is 5.56 Å². The second kappa shape index (κ2) is 11.5. The van der Waals surface area contributed by atoms with Crippen molar-refractivity contribution in [1.82, 2.24) is 20.6 Å². The number of guanidine groups is 1. The molecule has 0 aliphatic rings. The fraction of sp³-hybridized carbons (Fsp3) is 0.409. The number of aliphatic imine (C=N–C) groups is 1. The minimum atomic E-state index is -0.0476. The van der Waals surface area contributed by atoms with E-state index in [9.17, 15) is 0 Å². The Labute approximate surface area is 199 Å². The van der Waals surface area contributed by atoms with Crippen LogP contribution in [0.15, 0.2) is 51.3 Å². The van der Waals surface area contributed by atoms with E-state index in [2.05, 4.69) is 71.0 Å². The van der Waals surface area contributed by atoms with Gasteiger partial charge in [-0.3, -0.25) is 4.99 Å². The summed E-state index contributed by atoms with van der Waals surface area (Å²) in [6.07, 6.45) is 3.76. The van der Waals surface area contributed by atoms with Gasteiger partial charge in [0, 0.05) is 24.3 Å². The predicted octanol–water partition coefficient (Wildman–Crippen LogP) is 4.70. The summed E-state index contributed by atoms with van der Waals surface area (Å²) >= 11 is 1.71. The summed E-state index contributed by atoms with van der Waals surface area (Å²) in [5.74, 6) is 2.22. The summed E-state index contributed by atoms with van der Waals surface area (Å²) < 4.78 is 5.81. The molecule has 0 spiro atoms. The van der Waals surface area contributed by atoms with Crippen molar-refractivity contribution in [1.29, 1.82) is 0 Å². The summed E-state index contributed by atoms with van der Waals surface area (Å²) in [5.41, 5.74) is 2.31. The van der Waals surface area contributed by atoms with Gasteiger partial charge in [-0.25, -0.2) is 9.97 Å². The Morgan fingerprint density at radius 3 is 2.50 bits per heavy atom. The van der Waals surface area contributed by atoms with Crippen LogP contribution in [-0.4, -0.2) is 23.0 Å². The quantitative estimate of drug-likeness (QED) is 0.259. The first-order valence-corrected chi connectivity index (χ1v) is 10.7. The third-order valence-corrected chi connectivity index (χ3v) is 5.39. The van der Waals surface area contributed by atoms with E-state index >= 15 is 0 Å². The fourth-order valence-corrected chi connectivity index (χ4v) is 3.53. The molecule has 3 aromatic rings. The topological polar surface area (TPSA) is 75.3 Å². The Bertz CT molecular complexity index is 930. The molecule has 0 aliphatic heterocycles. The van der Waals surface area contributed by atoms with Gasteiger partial charge in [0.25, 0.3) is 0 Å². The molecule has 0 saturated carbocycles. The summed E-state index contributed by atoms with van der Waals surface area (Å²) in [4.78, 5) is 13.3. The van der Waals surface area contributed by atoms with Gasteiger partial charge < -0.3 is 15.1 Å². The molecule has 30 heavy (non-hydrogen) atoms. The van der Waals surface area contributed by atoms with Gasteiger partial charge >= 0.3 is 0 Å². The first-order chi connectivity index (χ1) is 13.9. The molecule has 0 saturated heterocycles. The molecule has 0 fully saturated rings. The van der Waals surface area contributed by atoms with Crippen LogP contribution in [0.2, 0.25) is 0 Å². The first kappa shape index (κ1) is 24.3. The van der Waals surface area contributed by atoms with E-state index in [1.807, 2.05) is 6.07 Å². The molecule has 1 aromatic carbocycles. The largest absolute Gasteiger partial charge is 0.443 e. The number of oxazole rings is 1. The van der Waals surface area contributed by atoms with Gasteiger partial charge in [-0.15, -0.1) is 35.3 Å². The predicted molar refractivity (Wildman–Crippen MR) is 134 cm³/mol. The van der Waals surface area contributed by atoms with Crippen molar-refractivity contribution in [3.05, 3.63) is 69.8 Å².